The zero-order valence-electron chi connectivity index (χ0n) is 11.5. The zero-order valence-corrected chi connectivity index (χ0v) is 11.5. The molecule has 0 saturated carbocycles. The topological polar surface area (TPSA) is 18.5 Å². The van der Waals surface area contributed by atoms with E-state index < -0.39 is 0 Å². The van der Waals surface area contributed by atoms with Gasteiger partial charge in [0.2, 0.25) is 0 Å². The second-order valence-corrected chi connectivity index (χ2v) is 5.29. The quantitative estimate of drug-likeness (QED) is 0.740. The Bertz CT molecular complexity index is 174. The van der Waals surface area contributed by atoms with Crippen LogP contribution >= 0.6 is 0 Å². The smallest absolute Gasteiger partial charge is 0.0193 e. The van der Waals surface area contributed by atoms with E-state index in [-0.39, 0.29) is 0 Å². The maximum atomic E-state index is 3.52. The third-order valence-electron chi connectivity index (χ3n) is 3.39. The van der Waals surface area contributed by atoms with Crippen LogP contribution in [0.15, 0.2) is 0 Å². The lowest BCUT2D eigenvalue weighted by molar-refractivity contribution is 0.101. The molecule has 1 N–H and O–H groups in total. The minimum Gasteiger partial charge on any atom is -0.313 e. The molecular formula is C13H29N3. The van der Waals surface area contributed by atoms with E-state index in [2.05, 4.69) is 42.8 Å². The second kappa shape index (κ2) is 7.25. The summed E-state index contributed by atoms with van der Waals surface area (Å²) in [7, 11) is 0. The number of nitrogens with one attached hydrogen (secondary N) is 1. The van der Waals surface area contributed by atoms with Crippen LogP contribution in [0.4, 0.5) is 0 Å². The highest BCUT2D eigenvalue weighted by atomic mass is 15.3. The Kier molecular flexibility index (Phi) is 6.32. The molecule has 0 aromatic rings. The van der Waals surface area contributed by atoms with Gasteiger partial charge in [0.15, 0.2) is 0 Å². The van der Waals surface area contributed by atoms with E-state index in [4.69, 9.17) is 0 Å². The molecule has 0 aromatic heterocycles. The van der Waals surface area contributed by atoms with Crippen molar-refractivity contribution in [2.75, 3.05) is 39.3 Å². The molecule has 3 nitrogen and oxygen atoms in total. The van der Waals surface area contributed by atoms with Crippen molar-refractivity contribution >= 4 is 0 Å². The normalized spacial score (nSPS) is 21.6. The third-order valence-corrected chi connectivity index (χ3v) is 3.39. The molecule has 1 saturated heterocycles. The van der Waals surface area contributed by atoms with Gasteiger partial charge in [-0.2, -0.15) is 0 Å². The van der Waals surface area contributed by atoms with Crippen molar-refractivity contribution in [3.63, 3.8) is 0 Å². The molecule has 1 aliphatic heterocycles. The second-order valence-electron chi connectivity index (χ2n) is 5.29. The van der Waals surface area contributed by atoms with E-state index in [1.807, 2.05) is 0 Å². The highest BCUT2D eigenvalue weighted by Crippen LogP contribution is 2.06. The van der Waals surface area contributed by atoms with E-state index in [1.54, 1.807) is 0 Å². The van der Waals surface area contributed by atoms with Crippen molar-refractivity contribution in [3.8, 4) is 0 Å². The molecule has 0 aromatic carbocycles. The number of rotatable bonds is 6. The first kappa shape index (κ1) is 13.9. The van der Waals surface area contributed by atoms with Crippen LogP contribution in [-0.2, 0) is 0 Å². The van der Waals surface area contributed by atoms with Crippen LogP contribution in [0.3, 0.4) is 0 Å². The van der Waals surface area contributed by atoms with Gasteiger partial charge in [0, 0.05) is 44.8 Å². The monoisotopic (exact) mass is 227 g/mol. The van der Waals surface area contributed by atoms with E-state index in [1.165, 1.54) is 39.1 Å². The Morgan fingerprint density at radius 2 is 1.69 bits per heavy atom. The molecule has 96 valence electrons. The summed E-state index contributed by atoms with van der Waals surface area (Å²) in [6.45, 7) is 16.4. The molecule has 3 heteroatoms. The summed E-state index contributed by atoms with van der Waals surface area (Å²) in [6, 6.07) is 1.27. The summed E-state index contributed by atoms with van der Waals surface area (Å²) in [5, 5.41) is 3.52. The van der Waals surface area contributed by atoms with Crippen molar-refractivity contribution in [1.29, 1.82) is 0 Å². The van der Waals surface area contributed by atoms with Gasteiger partial charge in [-0.3, -0.25) is 4.90 Å². The van der Waals surface area contributed by atoms with Crippen molar-refractivity contribution in [3.05, 3.63) is 0 Å². The first-order valence-electron chi connectivity index (χ1n) is 6.83. The predicted molar refractivity (Wildman–Crippen MR) is 70.9 cm³/mol. The SMILES string of the molecule is CCCN1CCN(C(C)CNC(C)C)CC1. The minimum atomic E-state index is 0.601. The Labute approximate surface area is 101 Å². The lowest BCUT2D eigenvalue weighted by Gasteiger charge is -2.38. The summed E-state index contributed by atoms with van der Waals surface area (Å²) in [4.78, 5) is 5.20. The summed E-state index contributed by atoms with van der Waals surface area (Å²) >= 11 is 0. The summed E-state index contributed by atoms with van der Waals surface area (Å²) in [5.74, 6) is 0. The molecule has 1 fully saturated rings. The van der Waals surface area contributed by atoms with Gasteiger partial charge in [0.05, 0.1) is 0 Å². The van der Waals surface area contributed by atoms with E-state index in [9.17, 15) is 0 Å². The fourth-order valence-corrected chi connectivity index (χ4v) is 2.28. The Morgan fingerprint density at radius 1 is 1.06 bits per heavy atom. The van der Waals surface area contributed by atoms with Crippen LogP contribution in [0.2, 0.25) is 0 Å². The van der Waals surface area contributed by atoms with Crippen molar-refractivity contribution in [2.45, 2.75) is 46.2 Å². The summed E-state index contributed by atoms with van der Waals surface area (Å²) in [5.41, 5.74) is 0. The van der Waals surface area contributed by atoms with E-state index in [0.29, 0.717) is 12.1 Å². The van der Waals surface area contributed by atoms with Gasteiger partial charge in [0.1, 0.15) is 0 Å². The van der Waals surface area contributed by atoms with Crippen LogP contribution in [0.1, 0.15) is 34.1 Å². The van der Waals surface area contributed by atoms with Gasteiger partial charge >= 0.3 is 0 Å². The minimum absolute atomic E-state index is 0.601. The first-order valence-corrected chi connectivity index (χ1v) is 6.83. The van der Waals surface area contributed by atoms with Crippen molar-refractivity contribution in [2.24, 2.45) is 0 Å². The average molecular weight is 227 g/mol. The molecule has 0 spiro atoms. The third kappa shape index (κ3) is 4.81. The molecule has 0 bridgehead atoms. The number of piperazine rings is 1. The number of nitrogens with zero attached hydrogens (tertiary/aromatic N) is 2. The summed E-state index contributed by atoms with van der Waals surface area (Å²) in [6.07, 6.45) is 1.28. The van der Waals surface area contributed by atoms with Crippen LogP contribution in [0, 0.1) is 0 Å². The van der Waals surface area contributed by atoms with Gasteiger partial charge in [0.25, 0.3) is 0 Å². The van der Waals surface area contributed by atoms with E-state index >= 15 is 0 Å². The number of hydrogen-bond donors (Lipinski definition) is 1. The van der Waals surface area contributed by atoms with Crippen LogP contribution in [-0.4, -0.2) is 61.2 Å². The molecule has 0 amide bonds. The fourth-order valence-electron chi connectivity index (χ4n) is 2.28. The van der Waals surface area contributed by atoms with Crippen LogP contribution in [0.25, 0.3) is 0 Å². The maximum absolute atomic E-state index is 3.52. The standard InChI is InChI=1S/C13H29N3/c1-5-6-15-7-9-16(10-8-15)13(4)11-14-12(2)3/h12-14H,5-11H2,1-4H3. The zero-order chi connectivity index (χ0) is 12.0. The Hall–Kier alpha value is -0.120. The molecule has 1 atom stereocenters. The van der Waals surface area contributed by atoms with Gasteiger partial charge in [-0.1, -0.05) is 20.8 Å². The molecule has 0 radical (unpaired) electrons. The van der Waals surface area contributed by atoms with Crippen LogP contribution < -0.4 is 5.32 Å². The Morgan fingerprint density at radius 3 is 2.19 bits per heavy atom. The lowest BCUT2D eigenvalue weighted by Crippen LogP contribution is -2.52. The van der Waals surface area contributed by atoms with Crippen molar-refractivity contribution < 1.29 is 0 Å². The molecule has 0 aliphatic carbocycles. The number of hydrogen-bond acceptors (Lipinski definition) is 3. The van der Waals surface area contributed by atoms with Crippen LogP contribution in [0.5, 0.6) is 0 Å². The largest absolute Gasteiger partial charge is 0.313 e. The predicted octanol–water partition coefficient (Wildman–Crippen LogP) is 1.40. The highest BCUT2D eigenvalue weighted by Gasteiger charge is 2.20. The maximum Gasteiger partial charge on any atom is 0.0193 e. The van der Waals surface area contributed by atoms with Gasteiger partial charge < -0.3 is 10.2 Å². The fraction of sp³-hybridized carbons (Fsp3) is 1.00. The molecule has 16 heavy (non-hydrogen) atoms. The lowest BCUT2D eigenvalue weighted by atomic mass is 10.2. The molecule has 1 unspecified atom stereocenters. The highest BCUT2D eigenvalue weighted by molar-refractivity contribution is 4.77. The molecular weight excluding hydrogens is 198 g/mol. The van der Waals surface area contributed by atoms with Gasteiger partial charge in [-0.25, -0.2) is 0 Å². The Balaban J connectivity index is 2.19. The van der Waals surface area contributed by atoms with Crippen molar-refractivity contribution in [1.82, 2.24) is 15.1 Å². The average Bonchev–Trinajstić information content (AvgIpc) is 2.27. The first-order chi connectivity index (χ1) is 7.63. The van der Waals surface area contributed by atoms with Gasteiger partial charge in [-0.15, -0.1) is 0 Å². The molecule has 1 aliphatic rings. The van der Waals surface area contributed by atoms with Gasteiger partial charge in [-0.05, 0) is 19.9 Å². The summed E-state index contributed by atoms with van der Waals surface area (Å²) < 4.78 is 0. The van der Waals surface area contributed by atoms with E-state index in [0.717, 1.165) is 6.54 Å². The molecule has 1 rings (SSSR count). The molecule has 1 heterocycles.